The molecular weight excluding hydrogens is 146 g/mol. The van der Waals surface area contributed by atoms with Crippen molar-refractivity contribution in [1.82, 2.24) is 5.32 Å². The summed E-state index contributed by atoms with van der Waals surface area (Å²) in [5.74, 6) is 1.72. The Morgan fingerprint density at radius 3 is 1.92 bits per heavy atom. The normalized spacial score (nSPS) is 16.5. The van der Waals surface area contributed by atoms with Crippen molar-refractivity contribution in [1.29, 1.82) is 0 Å². The Morgan fingerprint density at radius 1 is 1.08 bits per heavy atom. The smallest absolute Gasteiger partial charge is 0.00641 e. The SMILES string of the molecule is CC[C@@H](C[C@H](CC)C(C)C)NC. The number of rotatable bonds is 6. The van der Waals surface area contributed by atoms with Crippen molar-refractivity contribution in [3.63, 3.8) is 0 Å². The Bertz CT molecular complexity index is 95.2. The lowest BCUT2D eigenvalue weighted by atomic mass is 9.86. The maximum Gasteiger partial charge on any atom is 0.00641 e. The summed E-state index contributed by atoms with van der Waals surface area (Å²) in [5, 5.41) is 3.37. The van der Waals surface area contributed by atoms with Crippen LogP contribution in [0.25, 0.3) is 0 Å². The Hall–Kier alpha value is -0.0400. The lowest BCUT2D eigenvalue weighted by Crippen LogP contribution is -2.28. The average Bonchev–Trinajstić information content (AvgIpc) is 2.06. The van der Waals surface area contributed by atoms with Crippen LogP contribution in [0.15, 0.2) is 0 Å². The first kappa shape index (κ1) is 12.0. The van der Waals surface area contributed by atoms with Crippen LogP contribution in [0.1, 0.15) is 47.0 Å². The largest absolute Gasteiger partial charge is 0.317 e. The van der Waals surface area contributed by atoms with E-state index >= 15 is 0 Å². The van der Waals surface area contributed by atoms with Crippen molar-refractivity contribution in [3.05, 3.63) is 0 Å². The highest BCUT2D eigenvalue weighted by Crippen LogP contribution is 2.21. The molecule has 0 saturated heterocycles. The fourth-order valence-electron chi connectivity index (χ4n) is 1.76. The lowest BCUT2D eigenvalue weighted by Gasteiger charge is -2.24. The van der Waals surface area contributed by atoms with E-state index in [-0.39, 0.29) is 0 Å². The van der Waals surface area contributed by atoms with Gasteiger partial charge in [-0.2, -0.15) is 0 Å². The summed E-state index contributed by atoms with van der Waals surface area (Å²) in [5.41, 5.74) is 0. The van der Waals surface area contributed by atoms with Crippen molar-refractivity contribution in [2.45, 2.75) is 53.0 Å². The molecule has 0 heterocycles. The van der Waals surface area contributed by atoms with Gasteiger partial charge in [-0.3, -0.25) is 0 Å². The van der Waals surface area contributed by atoms with E-state index in [2.05, 4.69) is 40.1 Å². The van der Waals surface area contributed by atoms with Gasteiger partial charge < -0.3 is 5.32 Å². The Morgan fingerprint density at radius 2 is 1.67 bits per heavy atom. The van der Waals surface area contributed by atoms with Crippen molar-refractivity contribution in [2.75, 3.05) is 7.05 Å². The molecule has 0 aromatic rings. The fourth-order valence-corrected chi connectivity index (χ4v) is 1.76. The van der Waals surface area contributed by atoms with Crippen molar-refractivity contribution >= 4 is 0 Å². The molecule has 0 amide bonds. The predicted molar refractivity (Wildman–Crippen MR) is 56.4 cm³/mol. The highest BCUT2D eigenvalue weighted by atomic mass is 14.9. The second-order valence-electron chi connectivity index (χ2n) is 4.04. The molecule has 1 N–H and O–H groups in total. The molecule has 0 aromatic heterocycles. The van der Waals surface area contributed by atoms with Gasteiger partial charge in [0, 0.05) is 6.04 Å². The van der Waals surface area contributed by atoms with Crippen LogP contribution >= 0.6 is 0 Å². The average molecular weight is 171 g/mol. The van der Waals surface area contributed by atoms with Gasteiger partial charge in [0.15, 0.2) is 0 Å². The second kappa shape index (κ2) is 6.47. The van der Waals surface area contributed by atoms with Crippen LogP contribution in [0.2, 0.25) is 0 Å². The van der Waals surface area contributed by atoms with Gasteiger partial charge >= 0.3 is 0 Å². The molecule has 1 nitrogen and oxygen atoms in total. The van der Waals surface area contributed by atoms with Gasteiger partial charge in [-0.1, -0.05) is 34.1 Å². The maximum atomic E-state index is 3.37. The molecule has 0 fully saturated rings. The summed E-state index contributed by atoms with van der Waals surface area (Å²) in [7, 11) is 2.07. The first-order valence-corrected chi connectivity index (χ1v) is 5.32. The molecule has 0 unspecified atom stereocenters. The van der Waals surface area contributed by atoms with Crippen molar-refractivity contribution in [3.8, 4) is 0 Å². The molecule has 12 heavy (non-hydrogen) atoms. The fraction of sp³-hybridized carbons (Fsp3) is 1.00. The topological polar surface area (TPSA) is 12.0 Å². The summed E-state index contributed by atoms with van der Waals surface area (Å²) in [6, 6.07) is 0.720. The van der Waals surface area contributed by atoms with E-state index in [1.165, 1.54) is 19.3 Å². The van der Waals surface area contributed by atoms with E-state index in [1.54, 1.807) is 0 Å². The Kier molecular flexibility index (Phi) is 6.45. The minimum Gasteiger partial charge on any atom is -0.317 e. The summed E-state index contributed by atoms with van der Waals surface area (Å²) in [6.45, 7) is 9.22. The summed E-state index contributed by atoms with van der Waals surface area (Å²) >= 11 is 0. The molecule has 0 aliphatic carbocycles. The molecule has 0 aromatic carbocycles. The molecule has 0 spiro atoms. The highest BCUT2D eigenvalue weighted by molar-refractivity contribution is 4.70. The van der Waals surface area contributed by atoms with Gasteiger partial charge in [0.2, 0.25) is 0 Å². The molecule has 0 aliphatic heterocycles. The van der Waals surface area contributed by atoms with Crippen LogP contribution in [-0.2, 0) is 0 Å². The van der Waals surface area contributed by atoms with Crippen molar-refractivity contribution < 1.29 is 0 Å². The number of hydrogen-bond acceptors (Lipinski definition) is 1. The quantitative estimate of drug-likeness (QED) is 0.647. The number of hydrogen-bond donors (Lipinski definition) is 1. The van der Waals surface area contributed by atoms with E-state index in [0.29, 0.717) is 0 Å². The third-order valence-electron chi connectivity index (χ3n) is 2.96. The Labute approximate surface area is 77.9 Å². The molecule has 0 aliphatic rings. The molecule has 0 saturated carbocycles. The van der Waals surface area contributed by atoms with Crippen LogP contribution in [0.5, 0.6) is 0 Å². The third kappa shape index (κ3) is 4.10. The minimum atomic E-state index is 0.720. The molecule has 0 radical (unpaired) electrons. The van der Waals surface area contributed by atoms with Crippen LogP contribution in [0.4, 0.5) is 0 Å². The molecule has 2 atom stereocenters. The zero-order chi connectivity index (χ0) is 9.56. The van der Waals surface area contributed by atoms with Gasteiger partial charge in [0.25, 0.3) is 0 Å². The van der Waals surface area contributed by atoms with Crippen LogP contribution < -0.4 is 5.32 Å². The van der Waals surface area contributed by atoms with Gasteiger partial charge in [-0.05, 0) is 31.7 Å². The van der Waals surface area contributed by atoms with E-state index in [9.17, 15) is 0 Å². The zero-order valence-electron chi connectivity index (χ0n) is 9.35. The maximum absolute atomic E-state index is 3.37. The van der Waals surface area contributed by atoms with Gasteiger partial charge in [-0.25, -0.2) is 0 Å². The first-order valence-electron chi connectivity index (χ1n) is 5.32. The summed E-state index contributed by atoms with van der Waals surface area (Å²) in [4.78, 5) is 0. The van der Waals surface area contributed by atoms with E-state index in [0.717, 1.165) is 17.9 Å². The highest BCUT2D eigenvalue weighted by Gasteiger charge is 2.15. The number of nitrogens with one attached hydrogen (secondary N) is 1. The summed E-state index contributed by atoms with van der Waals surface area (Å²) < 4.78 is 0. The predicted octanol–water partition coefficient (Wildman–Crippen LogP) is 3.06. The molecular formula is C11H25N. The molecule has 0 rings (SSSR count). The minimum absolute atomic E-state index is 0.720. The zero-order valence-corrected chi connectivity index (χ0v) is 9.35. The Balaban J connectivity index is 3.82. The third-order valence-corrected chi connectivity index (χ3v) is 2.96. The van der Waals surface area contributed by atoms with Crippen molar-refractivity contribution in [2.24, 2.45) is 11.8 Å². The molecule has 1 heteroatoms. The van der Waals surface area contributed by atoms with E-state index in [1.807, 2.05) is 0 Å². The monoisotopic (exact) mass is 171 g/mol. The standard InChI is InChI=1S/C11H25N/c1-6-10(9(3)4)8-11(7-2)12-5/h9-12H,6-8H2,1-5H3/t10-,11-/m0/s1. The first-order chi connectivity index (χ1) is 5.65. The second-order valence-corrected chi connectivity index (χ2v) is 4.04. The van der Waals surface area contributed by atoms with E-state index < -0.39 is 0 Å². The molecule has 74 valence electrons. The van der Waals surface area contributed by atoms with Crippen LogP contribution in [0.3, 0.4) is 0 Å². The summed E-state index contributed by atoms with van der Waals surface area (Å²) in [6.07, 6.45) is 3.90. The lowest BCUT2D eigenvalue weighted by molar-refractivity contribution is 0.303. The van der Waals surface area contributed by atoms with Gasteiger partial charge in [0.05, 0.1) is 0 Å². The van der Waals surface area contributed by atoms with Gasteiger partial charge in [-0.15, -0.1) is 0 Å². The molecule has 0 bridgehead atoms. The van der Waals surface area contributed by atoms with Crippen LogP contribution in [0, 0.1) is 11.8 Å². The van der Waals surface area contributed by atoms with E-state index in [4.69, 9.17) is 0 Å². The van der Waals surface area contributed by atoms with Crippen LogP contribution in [-0.4, -0.2) is 13.1 Å². The van der Waals surface area contributed by atoms with Gasteiger partial charge in [0.1, 0.15) is 0 Å².